The smallest absolute Gasteiger partial charge is 0.270 e. The Kier molecular flexibility index (Phi) is 5.70. The maximum atomic E-state index is 12.2. The molecule has 0 spiro atoms. The minimum absolute atomic E-state index is 0.00156. The maximum absolute atomic E-state index is 12.2. The molecule has 130 valence electrons. The van der Waals surface area contributed by atoms with E-state index < -0.39 is 4.92 Å². The van der Waals surface area contributed by atoms with Crippen molar-refractivity contribution < 1.29 is 9.72 Å². The summed E-state index contributed by atoms with van der Waals surface area (Å²) in [7, 11) is 0. The number of amides is 1. The highest BCUT2D eigenvalue weighted by molar-refractivity contribution is 5.92. The van der Waals surface area contributed by atoms with E-state index in [4.69, 9.17) is 0 Å². The number of aryl methyl sites for hydroxylation is 3. The van der Waals surface area contributed by atoms with Crippen molar-refractivity contribution in [1.29, 1.82) is 0 Å². The van der Waals surface area contributed by atoms with Crippen molar-refractivity contribution in [2.45, 2.75) is 33.7 Å². The number of rotatable bonds is 5. The second kappa shape index (κ2) is 7.75. The molecule has 0 aliphatic rings. The number of hydrogen-bond donors (Lipinski definition) is 1. The number of nitro groups is 1. The minimum atomic E-state index is -0.456. The van der Waals surface area contributed by atoms with Crippen molar-refractivity contribution in [3.05, 3.63) is 80.4 Å². The predicted molar refractivity (Wildman–Crippen MR) is 99.3 cm³/mol. The summed E-state index contributed by atoms with van der Waals surface area (Å²) in [6, 6.07) is 10.3. The summed E-state index contributed by atoms with van der Waals surface area (Å²) >= 11 is 0. The Morgan fingerprint density at radius 3 is 2.48 bits per heavy atom. The molecule has 0 saturated carbocycles. The summed E-state index contributed by atoms with van der Waals surface area (Å²) < 4.78 is 0. The fraction of sp³-hybridized carbons (Fsp3) is 0.250. The molecule has 5 nitrogen and oxygen atoms in total. The highest BCUT2D eigenvalue weighted by Gasteiger charge is 2.11. The van der Waals surface area contributed by atoms with Crippen LogP contribution in [0.15, 0.2) is 42.5 Å². The van der Waals surface area contributed by atoms with Gasteiger partial charge in [0.15, 0.2) is 0 Å². The zero-order chi connectivity index (χ0) is 18.6. The Morgan fingerprint density at radius 2 is 1.80 bits per heavy atom. The molecule has 0 radical (unpaired) electrons. The van der Waals surface area contributed by atoms with Crippen LogP contribution in [0.4, 0.5) is 5.69 Å². The highest BCUT2D eigenvalue weighted by Crippen LogP contribution is 2.21. The fourth-order valence-electron chi connectivity index (χ4n) is 2.70. The number of nitrogens with one attached hydrogen (secondary N) is 1. The average Bonchev–Trinajstić information content (AvgIpc) is 2.56. The van der Waals surface area contributed by atoms with E-state index in [1.165, 1.54) is 29.3 Å². The Hall–Kier alpha value is -2.95. The molecule has 0 aromatic heterocycles. The van der Waals surface area contributed by atoms with E-state index >= 15 is 0 Å². The Balaban J connectivity index is 2.08. The van der Waals surface area contributed by atoms with Gasteiger partial charge >= 0.3 is 0 Å². The van der Waals surface area contributed by atoms with Crippen molar-refractivity contribution >= 4 is 17.7 Å². The first-order valence-corrected chi connectivity index (χ1v) is 8.08. The molecule has 0 aliphatic heterocycles. The molecule has 1 atom stereocenters. The van der Waals surface area contributed by atoms with Gasteiger partial charge in [-0.25, -0.2) is 0 Å². The maximum Gasteiger partial charge on any atom is 0.270 e. The lowest BCUT2D eigenvalue weighted by molar-refractivity contribution is -0.384. The van der Waals surface area contributed by atoms with Gasteiger partial charge in [0.2, 0.25) is 5.91 Å². The van der Waals surface area contributed by atoms with Crippen LogP contribution < -0.4 is 5.32 Å². The number of benzene rings is 2. The molecule has 0 heterocycles. The molecular formula is C20H22N2O3. The molecule has 1 N–H and O–H groups in total. The van der Waals surface area contributed by atoms with Crippen LogP contribution in [0.2, 0.25) is 0 Å². The van der Waals surface area contributed by atoms with Gasteiger partial charge in [0.1, 0.15) is 0 Å². The van der Waals surface area contributed by atoms with Crippen molar-refractivity contribution in [3.8, 4) is 0 Å². The number of nitro benzene ring substituents is 1. The van der Waals surface area contributed by atoms with Crippen molar-refractivity contribution in [2.75, 3.05) is 0 Å². The average molecular weight is 338 g/mol. The Morgan fingerprint density at radius 1 is 1.12 bits per heavy atom. The van der Waals surface area contributed by atoms with Crippen molar-refractivity contribution in [2.24, 2.45) is 0 Å². The lowest BCUT2D eigenvalue weighted by Crippen LogP contribution is -2.25. The molecule has 2 aromatic rings. The summed E-state index contributed by atoms with van der Waals surface area (Å²) in [6.45, 7) is 8.09. The highest BCUT2D eigenvalue weighted by atomic mass is 16.6. The number of non-ortho nitro benzene ring substituents is 1. The zero-order valence-electron chi connectivity index (χ0n) is 14.9. The summed E-state index contributed by atoms with van der Waals surface area (Å²) in [6.07, 6.45) is 2.97. The third-order valence-electron chi connectivity index (χ3n) is 4.22. The van der Waals surface area contributed by atoms with Crippen LogP contribution in [-0.2, 0) is 4.79 Å². The van der Waals surface area contributed by atoms with E-state index in [0.29, 0.717) is 5.56 Å². The predicted octanol–water partition coefficient (Wildman–Crippen LogP) is 4.41. The molecule has 0 saturated heterocycles. The number of carbonyl (C=O) groups excluding carboxylic acids is 1. The van der Waals surface area contributed by atoms with Gasteiger partial charge in [-0.3, -0.25) is 14.9 Å². The third kappa shape index (κ3) is 4.76. The molecular weight excluding hydrogens is 316 g/mol. The van der Waals surface area contributed by atoms with Crippen molar-refractivity contribution in [1.82, 2.24) is 5.32 Å². The van der Waals surface area contributed by atoms with E-state index in [0.717, 1.165) is 11.1 Å². The lowest BCUT2D eigenvalue weighted by atomic mass is 9.96. The van der Waals surface area contributed by atoms with Crippen LogP contribution in [0, 0.1) is 30.9 Å². The molecule has 25 heavy (non-hydrogen) atoms. The van der Waals surface area contributed by atoms with Gasteiger partial charge in [0.25, 0.3) is 5.69 Å². The van der Waals surface area contributed by atoms with Crippen LogP contribution in [0.3, 0.4) is 0 Å². The van der Waals surface area contributed by atoms with Crippen LogP contribution >= 0.6 is 0 Å². The van der Waals surface area contributed by atoms with Crippen LogP contribution in [-0.4, -0.2) is 10.8 Å². The topological polar surface area (TPSA) is 72.2 Å². The van der Waals surface area contributed by atoms with Gasteiger partial charge in [-0.15, -0.1) is 0 Å². The molecule has 0 bridgehead atoms. The van der Waals surface area contributed by atoms with Gasteiger partial charge in [0.05, 0.1) is 11.0 Å². The molecule has 0 fully saturated rings. The van der Waals surface area contributed by atoms with Gasteiger partial charge in [-0.1, -0.05) is 24.3 Å². The van der Waals surface area contributed by atoms with Gasteiger partial charge in [0, 0.05) is 18.2 Å². The fourth-order valence-corrected chi connectivity index (χ4v) is 2.70. The van der Waals surface area contributed by atoms with Gasteiger partial charge in [-0.05, 0) is 61.6 Å². The third-order valence-corrected chi connectivity index (χ3v) is 4.22. The largest absolute Gasteiger partial charge is 0.346 e. The zero-order valence-corrected chi connectivity index (χ0v) is 14.9. The van der Waals surface area contributed by atoms with Crippen LogP contribution in [0.5, 0.6) is 0 Å². The van der Waals surface area contributed by atoms with Gasteiger partial charge in [-0.2, -0.15) is 0 Å². The lowest BCUT2D eigenvalue weighted by Gasteiger charge is -2.17. The summed E-state index contributed by atoms with van der Waals surface area (Å²) in [5.41, 5.74) is 5.25. The van der Waals surface area contributed by atoms with E-state index in [1.54, 1.807) is 18.2 Å². The first-order valence-electron chi connectivity index (χ1n) is 8.08. The first-order chi connectivity index (χ1) is 11.8. The normalized spacial score (nSPS) is 12.2. The van der Waals surface area contributed by atoms with Crippen molar-refractivity contribution in [3.63, 3.8) is 0 Å². The standard InChI is InChI=1S/C20H22N2O3/c1-13-10-15(3)19(11-14(13)2)16(4)21-20(23)9-8-17-6-5-7-18(12-17)22(24)25/h5-12,16H,1-4H3,(H,21,23)/b9-8+/t16-/m0/s1. The molecule has 0 unspecified atom stereocenters. The quantitative estimate of drug-likeness (QED) is 0.498. The molecule has 5 heteroatoms. The van der Waals surface area contributed by atoms with E-state index in [1.807, 2.05) is 13.8 Å². The number of carbonyl (C=O) groups is 1. The van der Waals surface area contributed by atoms with Crippen LogP contribution in [0.1, 0.15) is 40.8 Å². The van der Waals surface area contributed by atoms with Gasteiger partial charge < -0.3 is 5.32 Å². The number of nitrogens with zero attached hydrogens (tertiary/aromatic N) is 1. The Bertz CT molecular complexity index is 841. The summed E-state index contributed by atoms with van der Waals surface area (Å²) in [5.74, 6) is -0.239. The van der Waals surface area contributed by atoms with E-state index in [9.17, 15) is 14.9 Å². The molecule has 0 aliphatic carbocycles. The van der Waals surface area contributed by atoms with Crippen LogP contribution in [0.25, 0.3) is 6.08 Å². The monoisotopic (exact) mass is 338 g/mol. The van der Waals surface area contributed by atoms with E-state index in [2.05, 4.69) is 31.3 Å². The van der Waals surface area contributed by atoms with E-state index in [-0.39, 0.29) is 17.6 Å². The summed E-state index contributed by atoms with van der Waals surface area (Å²) in [5, 5.41) is 13.7. The molecule has 2 aromatic carbocycles. The summed E-state index contributed by atoms with van der Waals surface area (Å²) in [4.78, 5) is 22.5. The first kappa shape index (κ1) is 18.4. The SMILES string of the molecule is Cc1cc(C)c([C@H](C)NC(=O)/C=C/c2cccc([N+](=O)[O-])c2)cc1C. The Labute approximate surface area is 147 Å². The number of hydrogen-bond acceptors (Lipinski definition) is 3. The second-order valence-electron chi connectivity index (χ2n) is 6.21. The molecule has 1 amide bonds. The minimum Gasteiger partial charge on any atom is -0.346 e. The second-order valence-corrected chi connectivity index (χ2v) is 6.21. The molecule has 2 rings (SSSR count).